The molecule has 0 aliphatic rings. The van der Waals surface area contributed by atoms with Crippen LogP contribution < -0.4 is 4.74 Å². The minimum atomic E-state index is -4.27. The summed E-state index contributed by atoms with van der Waals surface area (Å²) in [5.41, 5.74) is 0.303. The number of methoxy groups -OCH3 is 1. The van der Waals surface area contributed by atoms with Gasteiger partial charge in [0.25, 0.3) is 5.91 Å². The molecule has 0 aliphatic carbocycles. The Morgan fingerprint density at radius 2 is 2.05 bits per heavy atom. The van der Waals surface area contributed by atoms with Crippen molar-refractivity contribution in [1.29, 1.82) is 0 Å². The fourth-order valence-corrected chi connectivity index (χ4v) is 1.96. The molecule has 3 nitrogen and oxygen atoms in total. The zero-order chi connectivity index (χ0) is 14.6. The summed E-state index contributed by atoms with van der Waals surface area (Å²) in [6.45, 7) is -0.369. The van der Waals surface area contributed by atoms with Gasteiger partial charge in [-0.1, -0.05) is 0 Å². The van der Waals surface area contributed by atoms with Crippen LogP contribution in [0.5, 0.6) is 5.75 Å². The Hall–Kier alpha value is -1.24. The maximum absolute atomic E-state index is 12.1. The normalized spacial score (nSPS) is 11.3. The molecule has 1 aromatic rings. The van der Waals surface area contributed by atoms with E-state index in [0.29, 0.717) is 15.8 Å². The van der Waals surface area contributed by atoms with Gasteiger partial charge in [0.15, 0.2) is 0 Å². The molecular formula is C12H13BrF3NO2. The first kappa shape index (κ1) is 15.8. The van der Waals surface area contributed by atoms with Crippen molar-refractivity contribution in [2.45, 2.75) is 12.6 Å². The predicted octanol–water partition coefficient (Wildman–Crippen LogP) is 3.48. The van der Waals surface area contributed by atoms with Gasteiger partial charge in [-0.25, -0.2) is 0 Å². The second-order valence-electron chi connectivity index (χ2n) is 3.94. The number of halogens is 4. The van der Waals surface area contributed by atoms with Crippen molar-refractivity contribution >= 4 is 21.8 Å². The van der Waals surface area contributed by atoms with E-state index < -0.39 is 18.5 Å². The smallest absolute Gasteiger partial charge is 0.390 e. The highest BCUT2D eigenvalue weighted by atomic mass is 79.9. The summed E-state index contributed by atoms with van der Waals surface area (Å²) in [7, 11) is 2.82. The molecule has 0 saturated carbocycles. The number of rotatable bonds is 4. The van der Waals surface area contributed by atoms with Gasteiger partial charge < -0.3 is 9.64 Å². The van der Waals surface area contributed by atoms with E-state index in [1.807, 2.05) is 0 Å². The lowest BCUT2D eigenvalue weighted by molar-refractivity contribution is -0.136. The Bertz CT molecular complexity index is 463. The van der Waals surface area contributed by atoms with Crippen molar-refractivity contribution in [3.63, 3.8) is 0 Å². The molecule has 0 heterocycles. The quantitative estimate of drug-likeness (QED) is 0.840. The molecule has 0 aliphatic heterocycles. The molecule has 0 fully saturated rings. The molecule has 0 bridgehead atoms. The summed E-state index contributed by atoms with van der Waals surface area (Å²) in [5, 5.41) is 0. The summed E-state index contributed by atoms with van der Waals surface area (Å²) in [6, 6.07) is 4.61. The summed E-state index contributed by atoms with van der Waals surface area (Å²) in [5.74, 6) is 0.0853. The van der Waals surface area contributed by atoms with E-state index in [-0.39, 0.29) is 6.54 Å². The summed E-state index contributed by atoms with van der Waals surface area (Å²) in [4.78, 5) is 13.0. The molecule has 1 amide bonds. The van der Waals surface area contributed by atoms with Gasteiger partial charge in [0.2, 0.25) is 0 Å². The van der Waals surface area contributed by atoms with Crippen LogP contribution >= 0.6 is 15.9 Å². The lowest BCUT2D eigenvalue weighted by Crippen LogP contribution is -2.30. The van der Waals surface area contributed by atoms with E-state index in [9.17, 15) is 18.0 Å². The topological polar surface area (TPSA) is 29.5 Å². The first-order valence-corrected chi connectivity index (χ1v) is 6.19. The number of alkyl halides is 3. The van der Waals surface area contributed by atoms with E-state index in [1.165, 1.54) is 26.3 Å². The zero-order valence-corrected chi connectivity index (χ0v) is 12.0. The van der Waals surface area contributed by atoms with Gasteiger partial charge in [0.05, 0.1) is 18.0 Å². The molecule has 19 heavy (non-hydrogen) atoms. The van der Waals surface area contributed by atoms with Crippen molar-refractivity contribution in [2.24, 2.45) is 0 Å². The number of ether oxygens (including phenoxy) is 1. The van der Waals surface area contributed by atoms with Crippen molar-refractivity contribution in [3.05, 3.63) is 28.2 Å². The SMILES string of the molecule is COc1ccc(C(=O)N(C)CCC(F)(F)F)cc1Br. The van der Waals surface area contributed by atoms with Crippen LogP contribution in [-0.4, -0.2) is 37.7 Å². The number of hydrogen-bond acceptors (Lipinski definition) is 2. The lowest BCUT2D eigenvalue weighted by Gasteiger charge is -2.18. The molecule has 0 spiro atoms. The Morgan fingerprint density at radius 3 is 2.53 bits per heavy atom. The van der Waals surface area contributed by atoms with Crippen molar-refractivity contribution < 1.29 is 22.7 Å². The first-order valence-electron chi connectivity index (χ1n) is 5.40. The standard InChI is InChI=1S/C12H13BrF3NO2/c1-17(6-5-12(14,15)16)11(18)8-3-4-10(19-2)9(13)7-8/h3-4,7H,5-6H2,1-2H3. The summed E-state index contributed by atoms with van der Waals surface area (Å²) in [6.07, 6.45) is -5.29. The van der Waals surface area contributed by atoms with Gasteiger partial charge in [0, 0.05) is 19.2 Å². The molecule has 0 atom stereocenters. The van der Waals surface area contributed by atoms with Crippen LogP contribution in [0.25, 0.3) is 0 Å². The lowest BCUT2D eigenvalue weighted by atomic mass is 10.2. The number of hydrogen-bond donors (Lipinski definition) is 0. The predicted molar refractivity (Wildman–Crippen MR) is 68.3 cm³/mol. The Morgan fingerprint density at radius 1 is 1.42 bits per heavy atom. The van der Waals surface area contributed by atoms with E-state index >= 15 is 0 Å². The molecule has 0 saturated heterocycles. The highest BCUT2D eigenvalue weighted by Crippen LogP contribution is 2.26. The Balaban J connectivity index is 2.74. The third kappa shape index (κ3) is 4.74. The fourth-order valence-electron chi connectivity index (χ4n) is 1.42. The minimum absolute atomic E-state index is 0.303. The Labute approximate surface area is 117 Å². The van der Waals surface area contributed by atoms with Gasteiger partial charge in [-0.15, -0.1) is 0 Å². The number of carbonyl (C=O) groups is 1. The third-order valence-corrected chi connectivity index (χ3v) is 3.10. The molecule has 1 rings (SSSR count). The van der Waals surface area contributed by atoms with Crippen molar-refractivity contribution in [2.75, 3.05) is 20.7 Å². The molecular weight excluding hydrogens is 327 g/mol. The molecule has 1 aromatic carbocycles. The van der Waals surface area contributed by atoms with Gasteiger partial charge in [0.1, 0.15) is 5.75 Å². The second-order valence-corrected chi connectivity index (χ2v) is 4.80. The maximum atomic E-state index is 12.1. The Kier molecular flexibility index (Phi) is 5.22. The largest absolute Gasteiger partial charge is 0.496 e. The molecule has 0 radical (unpaired) electrons. The highest BCUT2D eigenvalue weighted by Gasteiger charge is 2.28. The van der Waals surface area contributed by atoms with Crippen LogP contribution in [0.2, 0.25) is 0 Å². The highest BCUT2D eigenvalue weighted by molar-refractivity contribution is 9.10. The summed E-state index contributed by atoms with van der Waals surface area (Å²) < 4.78 is 41.8. The van der Waals surface area contributed by atoms with Crippen LogP contribution in [0.15, 0.2) is 22.7 Å². The van der Waals surface area contributed by atoms with E-state index in [2.05, 4.69) is 15.9 Å². The average Bonchev–Trinajstić information content (AvgIpc) is 2.34. The van der Waals surface area contributed by atoms with Crippen molar-refractivity contribution in [1.82, 2.24) is 4.90 Å². The first-order chi connectivity index (χ1) is 8.74. The van der Waals surface area contributed by atoms with E-state index in [1.54, 1.807) is 6.07 Å². The van der Waals surface area contributed by atoms with Gasteiger partial charge in [-0.2, -0.15) is 13.2 Å². The van der Waals surface area contributed by atoms with Crippen LogP contribution in [0.1, 0.15) is 16.8 Å². The van der Waals surface area contributed by atoms with Crippen LogP contribution in [0.3, 0.4) is 0 Å². The van der Waals surface area contributed by atoms with E-state index in [0.717, 1.165) is 4.90 Å². The molecule has 0 N–H and O–H groups in total. The number of nitrogens with zero attached hydrogens (tertiary/aromatic N) is 1. The van der Waals surface area contributed by atoms with Crippen LogP contribution in [0.4, 0.5) is 13.2 Å². The molecule has 7 heteroatoms. The van der Waals surface area contributed by atoms with Crippen LogP contribution in [-0.2, 0) is 0 Å². The van der Waals surface area contributed by atoms with Crippen LogP contribution in [0, 0.1) is 0 Å². The maximum Gasteiger partial charge on any atom is 0.390 e. The third-order valence-electron chi connectivity index (χ3n) is 2.48. The summed E-state index contributed by atoms with van der Waals surface area (Å²) >= 11 is 3.22. The monoisotopic (exact) mass is 339 g/mol. The average molecular weight is 340 g/mol. The minimum Gasteiger partial charge on any atom is -0.496 e. The van der Waals surface area contributed by atoms with Gasteiger partial charge >= 0.3 is 6.18 Å². The zero-order valence-electron chi connectivity index (χ0n) is 10.4. The van der Waals surface area contributed by atoms with Gasteiger partial charge in [-0.05, 0) is 34.1 Å². The van der Waals surface area contributed by atoms with Crippen molar-refractivity contribution in [3.8, 4) is 5.75 Å². The number of benzene rings is 1. The molecule has 106 valence electrons. The number of carbonyl (C=O) groups excluding carboxylic acids is 1. The number of amides is 1. The second kappa shape index (κ2) is 6.27. The van der Waals surface area contributed by atoms with E-state index in [4.69, 9.17) is 4.74 Å². The van der Waals surface area contributed by atoms with Gasteiger partial charge in [-0.3, -0.25) is 4.79 Å². The fraction of sp³-hybridized carbons (Fsp3) is 0.417. The molecule has 0 unspecified atom stereocenters. The molecule has 0 aromatic heterocycles.